The first kappa shape index (κ1) is 46.3. The number of nitro groups is 1. The highest BCUT2D eigenvalue weighted by Crippen LogP contribution is 2.44. The molecular formula is C47H53ClN8O10S. The average Bonchev–Trinajstić information content (AvgIpc) is 3.77. The molecule has 2 saturated heterocycles. The molecule has 0 spiro atoms. The monoisotopic (exact) mass is 956 g/mol. The van der Waals surface area contributed by atoms with E-state index in [0.717, 1.165) is 68.2 Å². The predicted molar refractivity (Wildman–Crippen MR) is 253 cm³/mol. The van der Waals surface area contributed by atoms with Gasteiger partial charge in [-0.05, 0) is 90.4 Å². The zero-order valence-corrected chi connectivity index (χ0v) is 38.6. The maximum Gasteiger partial charge on any atom is 0.293 e. The number of benzene rings is 3. The number of carbonyl (C=O) groups is 1. The van der Waals surface area contributed by atoms with Gasteiger partial charge < -0.3 is 44.9 Å². The summed E-state index contributed by atoms with van der Waals surface area (Å²) in [6.07, 6.45) is 0.682. The second-order valence-corrected chi connectivity index (χ2v) is 20.4. The number of nitrogens with one attached hydrogen (secondary N) is 3. The molecule has 3 aliphatic heterocycles. The van der Waals surface area contributed by atoms with Crippen molar-refractivity contribution in [3.05, 3.63) is 111 Å². The molecule has 2 fully saturated rings. The third-order valence-corrected chi connectivity index (χ3v) is 14.8. The van der Waals surface area contributed by atoms with Gasteiger partial charge in [0.15, 0.2) is 6.29 Å². The van der Waals surface area contributed by atoms with Crippen LogP contribution in [0, 0.1) is 21.4 Å². The summed E-state index contributed by atoms with van der Waals surface area (Å²) in [6, 6.07) is 20.3. The lowest BCUT2D eigenvalue weighted by molar-refractivity contribution is -0.384. The number of anilines is 4. The van der Waals surface area contributed by atoms with E-state index >= 15 is 0 Å². The number of aromatic amines is 1. The van der Waals surface area contributed by atoms with Crippen LogP contribution in [-0.2, 0) is 14.8 Å². The number of hydrogen-bond acceptors (Lipinski definition) is 15. The van der Waals surface area contributed by atoms with Gasteiger partial charge in [0.25, 0.3) is 21.6 Å². The van der Waals surface area contributed by atoms with Crippen LogP contribution in [0.25, 0.3) is 16.6 Å². The number of amides is 1. The third-order valence-electron chi connectivity index (χ3n) is 13.3. The van der Waals surface area contributed by atoms with Crippen LogP contribution in [0.2, 0.25) is 5.02 Å². The van der Waals surface area contributed by atoms with Gasteiger partial charge in [0.2, 0.25) is 5.88 Å². The molecule has 354 valence electrons. The molecule has 6 N–H and O–H groups in total. The first-order chi connectivity index (χ1) is 32.0. The molecule has 0 bridgehead atoms. The van der Waals surface area contributed by atoms with E-state index in [1.807, 2.05) is 35.2 Å². The minimum absolute atomic E-state index is 0.0402. The molecule has 1 amide bonds. The first-order valence-corrected chi connectivity index (χ1v) is 24.1. The number of hydrogen-bond donors (Lipinski definition) is 6. The van der Waals surface area contributed by atoms with Gasteiger partial charge in [-0.2, -0.15) is 4.98 Å². The Morgan fingerprint density at radius 2 is 1.78 bits per heavy atom. The van der Waals surface area contributed by atoms with Crippen LogP contribution in [0.15, 0.2) is 89.5 Å². The fraction of sp³-hybridized carbons (Fsp3) is 0.404. The highest BCUT2D eigenvalue weighted by Gasteiger charge is 2.38. The number of sulfonamides is 1. The van der Waals surface area contributed by atoms with Crippen molar-refractivity contribution in [2.45, 2.75) is 56.5 Å². The number of pyridine rings is 1. The van der Waals surface area contributed by atoms with Gasteiger partial charge in [-0.25, -0.2) is 13.1 Å². The number of H-pyrrole nitrogens is 1. The number of nitro benzene ring substituents is 1. The summed E-state index contributed by atoms with van der Waals surface area (Å²) in [4.78, 5) is 39.6. The summed E-state index contributed by atoms with van der Waals surface area (Å²) >= 11 is 6.26. The van der Waals surface area contributed by atoms with Crippen molar-refractivity contribution in [1.29, 1.82) is 0 Å². The number of fused-ring (bicyclic) bond motifs is 2. The molecule has 4 unspecified atom stereocenters. The maximum atomic E-state index is 14.3. The Labute approximate surface area is 392 Å². The van der Waals surface area contributed by atoms with Gasteiger partial charge in [0.05, 0.1) is 40.3 Å². The number of halogens is 1. The normalized spacial score (nSPS) is 22.3. The number of aliphatic hydroxyl groups is 3. The number of ether oxygens (including phenoxy) is 2. The lowest BCUT2D eigenvalue weighted by Crippen LogP contribution is -2.51. The van der Waals surface area contributed by atoms with E-state index in [4.69, 9.17) is 21.1 Å². The average molecular weight is 958 g/mol. The first-order valence-electron chi connectivity index (χ1n) is 22.3. The molecule has 9 rings (SSSR count). The molecule has 18 nitrogen and oxygen atoms in total. The minimum Gasteiger partial charge on any atom is -0.474 e. The van der Waals surface area contributed by atoms with Crippen LogP contribution < -0.4 is 24.6 Å². The van der Waals surface area contributed by atoms with E-state index in [2.05, 4.69) is 55.8 Å². The van der Waals surface area contributed by atoms with Crippen LogP contribution in [0.5, 0.6) is 5.88 Å². The molecule has 67 heavy (non-hydrogen) atoms. The fourth-order valence-electron chi connectivity index (χ4n) is 9.45. The Hall–Kier alpha value is -5.80. The van der Waals surface area contributed by atoms with Crippen molar-refractivity contribution in [1.82, 2.24) is 19.6 Å². The summed E-state index contributed by atoms with van der Waals surface area (Å²) in [6.45, 7) is 8.61. The summed E-state index contributed by atoms with van der Waals surface area (Å²) in [5.41, 5.74) is 6.04. The van der Waals surface area contributed by atoms with Crippen molar-refractivity contribution in [2.75, 3.05) is 74.1 Å². The number of carbonyl (C=O) groups excluding carboxylic acids is 1. The van der Waals surface area contributed by atoms with Gasteiger partial charge in [-0.15, -0.1) is 0 Å². The lowest BCUT2D eigenvalue weighted by Gasteiger charge is -2.39. The molecular weight excluding hydrogens is 904 g/mol. The number of aliphatic hydroxyl groups excluding tert-OH is 3. The van der Waals surface area contributed by atoms with Gasteiger partial charge in [-0.1, -0.05) is 43.2 Å². The molecule has 20 heteroatoms. The van der Waals surface area contributed by atoms with Gasteiger partial charge >= 0.3 is 0 Å². The van der Waals surface area contributed by atoms with E-state index in [9.17, 15) is 38.6 Å². The summed E-state index contributed by atoms with van der Waals surface area (Å²) in [5.74, 6) is -1.57. The summed E-state index contributed by atoms with van der Waals surface area (Å²) in [7, 11) is -4.70. The zero-order chi connectivity index (χ0) is 47.2. The topological polar surface area (TPSA) is 236 Å². The smallest absolute Gasteiger partial charge is 0.293 e. The van der Waals surface area contributed by atoms with Crippen molar-refractivity contribution in [3.8, 4) is 5.88 Å². The number of nitrogens with zero attached hydrogens (tertiary/aromatic N) is 5. The quantitative estimate of drug-likeness (QED) is 0.0654. The van der Waals surface area contributed by atoms with Gasteiger partial charge in [0, 0.05) is 73.5 Å². The second kappa shape index (κ2) is 18.7. The molecule has 3 aromatic carbocycles. The number of piperazine rings is 1. The molecule has 1 aliphatic carbocycles. The van der Waals surface area contributed by atoms with Crippen molar-refractivity contribution >= 4 is 72.6 Å². The molecule has 0 saturated carbocycles. The summed E-state index contributed by atoms with van der Waals surface area (Å²) in [5, 5.41) is 47.0. The molecule has 5 aromatic rings. The van der Waals surface area contributed by atoms with Crippen molar-refractivity contribution in [3.63, 3.8) is 0 Å². The standard InChI is InChI=1S/C47H53ClN8O10S/c1-47(2)13-11-30(35(24-47)28-3-5-31(48)6-4-28)26-53-15-17-54(18-16-53)32-7-9-34(38(22-32)55-19-20-65-45-40(55)21-29-12-14-49-43(29)51-45)44(59)52-67(63,64)33-8-10-37(39(23-33)56(61)62)50-25-36-41(57)27-66-46(60)42(36)58/h3-10,12,14,21-23,36,41-42,46,50,57-58,60H,11,13,15-20,24-27H2,1-2H3,(H,49,51)(H,52,59). The van der Waals surface area contributed by atoms with Crippen molar-refractivity contribution < 1.29 is 42.9 Å². The van der Waals surface area contributed by atoms with E-state index in [-0.39, 0.29) is 36.4 Å². The number of allylic oxidation sites excluding steroid dienone is 1. The van der Waals surface area contributed by atoms with Crippen LogP contribution in [0.3, 0.4) is 0 Å². The maximum absolute atomic E-state index is 14.3. The Kier molecular flexibility index (Phi) is 12.9. The molecule has 0 radical (unpaired) electrons. The molecule has 4 aliphatic rings. The highest BCUT2D eigenvalue weighted by atomic mass is 35.5. The fourth-order valence-corrected chi connectivity index (χ4v) is 10.6. The molecule has 2 aromatic heterocycles. The Bertz CT molecular complexity index is 2830. The third kappa shape index (κ3) is 9.81. The van der Waals surface area contributed by atoms with Gasteiger partial charge in [0.1, 0.15) is 29.7 Å². The van der Waals surface area contributed by atoms with Crippen molar-refractivity contribution in [2.24, 2.45) is 11.3 Å². The molecule has 4 atom stereocenters. The van der Waals surface area contributed by atoms with Crippen LogP contribution >= 0.6 is 11.6 Å². The van der Waals surface area contributed by atoms with E-state index in [1.54, 1.807) is 18.3 Å². The largest absolute Gasteiger partial charge is 0.474 e. The van der Waals surface area contributed by atoms with Crippen LogP contribution in [-0.4, -0.2) is 127 Å². The SMILES string of the molecule is CC1(C)CCC(CN2CCN(c3ccc(C(=O)NS(=O)(=O)c4ccc(NCC5C(O)COC(O)C5O)c([N+](=O)[O-])c4)c(N4CCOc5nc6[nH]ccc6cc54)c3)CC2)=C(c2ccc(Cl)cc2)C1. The minimum atomic E-state index is -4.70. The van der Waals surface area contributed by atoms with Crippen LogP contribution in [0.4, 0.5) is 28.4 Å². The van der Waals surface area contributed by atoms with E-state index in [1.165, 1.54) is 16.7 Å². The number of aromatic nitrogens is 2. The molecule has 5 heterocycles. The summed E-state index contributed by atoms with van der Waals surface area (Å²) < 4.78 is 40.9. The van der Waals surface area contributed by atoms with E-state index < -0.39 is 55.9 Å². The highest BCUT2D eigenvalue weighted by molar-refractivity contribution is 7.90. The van der Waals surface area contributed by atoms with Crippen LogP contribution in [0.1, 0.15) is 49.0 Å². The Morgan fingerprint density at radius 1 is 1.00 bits per heavy atom. The zero-order valence-electron chi connectivity index (χ0n) is 37.0. The van der Waals surface area contributed by atoms with Gasteiger partial charge in [-0.3, -0.25) is 19.8 Å². The van der Waals surface area contributed by atoms with E-state index in [0.29, 0.717) is 47.6 Å². The predicted octanol–water partition coefficient (Wildman–Crippen LogP) is 5.66. The lowest BCUT2D eigenvalue weighted by atomic mass is 9.72. The number of rotatable bonds is 12. The Morgan fingerprint density at radius 3 is 2.54 bits per heavy atom. The second-order valence-electron chi connectivity index (χ2n) is 18.3. The Balaban J connectivity index is 0.971.